The summed E-state index contributed by atoms with van der Waals surface area (Å²) in [5.41, 5.74) is 2.19. The van der Waals surface area contributed by atoms with Gasteiger partial charge in [0.05, 0.1) is 12.1 Å². The van der Waals surface area contributed by atoms with Gasteiger partial charge in [0.1, 0.15) is 5.56 Å². The van der Waals surface area contributed by atoms with E-state index in [9.17, 15) is 15.0 Å². The minimum atomic E-state index is -1.17. The van der Waals surface area contributed by atoms with Crippen LogP contribution in [0.3, 0.4) is 0 Å². The van der Waals surface area contributed by atoms with Crippen molar-refractivity contribution in [1.82, 2.24) is 4.90 Å². The number of nitrogens with zero attached hydrogens (tertiary/aromatic N) is 1. The molecule has 2 aromatic carbocycles. The van der Waals surface area contributed by atoms with E-state index in [1.165, 1.54) is 0 Å². The second-order valence-electron chi connectivity index (χ2n) is 7.09. The zero-order valence-corrected chi connectivity index (χ0v) is 15.2. The zero-order valence-electron chi connectivity index (χ0n) is 15.2. The first kappa shape index (κ1) is 17.2. The first-order valence-corrected chi connectivity index (χ1v) is 9.01. The van der Waals surface area contributed by atoms with Crippen molar-refractivity contribution in [3.05, 3.63) is 46.5 Å². The highest BCUT2D eigenvalue weighted by Crippen LogP contribution is 2.47. The Labute approximate surface area is 160 Å². The van der Waals surface area contributed by atoms with Crippen LogP contribution in [0.5, 0.6) is 23.0 Å². The number of carboxylic acids is 1. The molecule has 3 heterocycles. The summed E-state index contributed by atoms with van der Waals surface area (Å²) >= 11 is 0. The molecule has 2 unspecified atom stereocenters. The van der Waals surface area contributed by atoms with Crippen molar-refractivity contribution in [1.29, 1.82) is 0 Å². The van der Waals surface area contributed by atoms with Crippen LogP contribution in [0.1, 0.15) is 39.2 Å². The first-order valence-electron chi connectivity index (χ1n) is 9.01. The van der Waals surface area contributed by atoms with E-state index in [0.717, 1.165) is 24.1 Å². The number of carbonyl (C=O) groups is 1. The highest BCUT2D eigenvalue weighted by Gasteiger charge is 2.37. The van der Waals surface area contributed by atoms with Crippen molar-refractivity contribution in [2.75, 3.05) is 27.2 Å². The zero-order chi connectivity index (χ0) is 19.4. The van der Waals surface area contributed by atoms with Crippen molar-refractivity contribution in [2.24, 2.45) is 0 Å². The molecule has 0 aliphatic carbocycles. The average Bonchev–Trinajstić information content (AvgIpc) is 3.33. The predicted molar refractivity (Wildman–Crippen MR) is 96.1 cm³/mol. The standard InChI is InChI=1S/C20H19NO7/c1-21-5-4-10-6-14-15(27-8-26-14)7-12(10)17(21)18(22)11-2-3-13-19(28-9-25-13)16(11)20(23)24/h2-3,6-7,17-18,22H,4-5,8-9H2,1H3,(H,23,24). The number of aliphatic hydroxyl groups excluding tert-OH is 1. The number of benzene rings is 2. The number of fused-ring (bicyclic) bond motifs is 3. The summed E-state index contributed by atoms with van der Waals surface area (Å²) < 4.78 is 21.6. The van der Waals surface area contributed by atoms with Crippen LogP contribution in [0, 0.1) is 0 Å². The Bertz CT molecular complexity index is 974. The number of rotatable bonds is 3. The third-order valence-electron chi connectivity index (χ3n) is 5.56. The molecule has 8 nitrogen and oxygen atoms in total. The van der Waals surface area contributed by atoms with Gasteiger partial charge in [-0.2, -0.15) is 0 Å². The van der Waals surface area contributed by atoms with Gasteiger partial charge in [0.15, 0.2) is 23.0 Å². The molecule has 3 aliphatic heterocycles. The second-order valence-corrected chi connectivity index (χ2v) is 7.09. The molecule has 8 heteroatoms. The molecular formula is C20H19NO7. The van der Waals surface area contributed by atoms with E-state index in [1.807, 2.05) is 24.1 Å². The monoisotopic (exact) mass is 385 g/mol. The molecule has 2 N–H and O–H groups in total. The Morgan fingerprint density at radius 3 is 2.61 bits per heavy atom. The predicted octanol–water partition coefficient (Wildman–Crippen LogP) is 2.10. The van der Waals surface area contributed by atoms with Gasteiger partial charge in [-0.25, -0.2) is 4.79 Å². The molecule has 0 fully saturated rings. The maximum atomic E-state index is 12.0. The fraction of sp³-hybridized carbons (Fsp3) is 0.350. The number of ether oxygens (including phenoxy) is 4. The summed E-state index contributed by atoms with van der Waals surface area (Å²) in [5, 5.41) is 21.1. The van der Waals surface area contributed by atoms with Crippen LogP contribution in [0.2, 0.25) is 0 Å². The first-order chi connectivity index (χ1) is 13.5. The fourth-order valence-electron chi connectivity index (χ4n) is 4.20. The summed E-state index contributed by atoms with van der Waals surface area (Å²) in [6, 6.07) is 6.63. The van der Waals surface area contributed by atoms with Crippen LogP contribution >= 0.6 is 0 Å². The number of aliphatic hydroxyl groups is 1. The molecule has 0 saturated heterocycles. The van der Waals surface area contributed by atoms with Gasteiger partial charge in [-0.1, -0.05) is 6.07 Å². The maximum absolute atomic E-state index is 12.0. The van der Waals surface area contributed by atoms with Gasteiger partial charge in [0.25, 0.3) is 0 Å². The molecule has 0 radical (unpaired) electrons. The molecule has 0 bridgehead atoms. The van der Waals surface area contributed by atoms with Gasteiger partial charge in [-0.05, 0) is 42.8 Å². The Hall–Kier alpha value is -2.97. The number of hydrogen-bond donors (Lipinski definition) is 2. The smallest absolute Gasteiger partial charge is 0.340 e. The van der Waals surface area contributed by atoms with Crippen LogP contribution in [-0.4, -0.2) is 48.3 Å². The van der Waals surface area contributed by atoms with E-state index in [0.29, 0.717) is 22.8 Å². The van der Waals surface area contributed by atoms with E-state index in [1.54, 1.807) is 12.1 Å². The van der Waals surface area contributed by atoms with Crippen LogP contribution < -0.4 is 18.9 Å². The summed E-state index contributed by atoms with van der Waals surface area (Å²) in [4.78, 5) is 14.0. The molecule has 0 saturated carbocycles. The summed E-state index contributed by atoms with van der Waals surface area (Å²) in [7, 11) is 1.91. The molecule has 2 atom stereocenters. The lowest BCUT2D eigenvalue weighted by Gasteiger charge is -2.38. The van der Waals surface area contributed by atoms with E-state index in [2.05, 4.69) is 0 Å². The van der Waals surface area contributed by atoms with Gasteiger partial charge in [-0.15, -0.1) is 0 Å². The Morgan fingerprint density at radius 2 is 1.82 bits per heavy atom. The number of carboxylic acid groups (broad SMARTS) is 1. The van der Waals surface area contributed by atoms with Gasteiger partial charge in [-0.3, -0.25) is 4.90 Å². The summed E-state index contributed by atoms with van der Waals surface area (Å²) in [6.45, 7) is 0.860. The minimum Gasteiger partial charge on any atom is -0.478 e. The number of aromatic carboxylic acids is 1. The quantitative estimate of drug-likeness (QED) is 0.829. The molecule has 0 spiro atoms. The highest BCUT2D eigenvalue weighted by atomic mass is 16.7. The normalized spacial score (nSPS) is 20.7. The van der Waals surface area contributed by atoms with Crippen molar-refractivity contribution in [3.63, 3.8) is 0 Å². The van der Waals surface area contributed by atoms with E-state index in [-0.39, 0.29) is 24.9 Å². The summed E-state index contributed by atoms with van der Waals surface area (Å²) in [5.74, 6) is 0.699. The van der Waals surface area contributed by atoms with Crippen LogP contribution in [0.25, 0.3) is 0 Å². The molecular weight excluding hydrogens is 366 g/mol. The molecule has 5 rings (SSSR count). The largest absolute Gasteiger partial charge is 0.478 e. The van der Waals surface area contributed by atoms with Gasteiger partial charge in [0, 0.05) is 12.1 Å². The second kappa shape index (κ2) is 6.29. The van der Waals surface area contributed by atoms with Gasteiger partial charge >= 0.3 is 5.97 Å². The Balaban J connectivity index is 1.62. The Kier molecular flexibility index (Phi) is 3.85. The third kappa shape index (κ3) is 2.49. The van der Waals surface area contributed by atoms with Gasteiger partial charge < -0.3 is 29.2 Å². The highest BCUT2D eigenvalue weighted by molar-refractivity contribution is 5.94. The Morgan fingerprint density at radius 1 is 1.11 bits per heavy atom. The lowest BCUT2D eigenvalue weighted by atomic mass is 9.85. The van der Waals surface area contributed by atoms with Crippen molar-refractivity contribution < 1.29 is 34.0 Å². The van der Waals surface area contributed by atoms with E-state index < -0.39 is 18.1 Å². The molecule has 28 heavy (non-hydrogen) atoms. The summed E-state index contributed by atoms with van der Waals surface area (Å²) in [6.07, 6.45) is -0.274. The van der Waals surface area contributed by atoms with E-state index >= 15 is 0 Å². The fourth-order valence-corrected chi connectivity index (χ4v) is 4.20. The lowest BCUT2D eigenvalue weighted by Crippen LogP contribution is -2.36. The van der Waals surface area contributed by atoms with Crippen molar-refractivity contribution in [2.45, 2.75) is 18.6 Å². The topological polar surface area (TPSA) is 97.7 Å². The van der Waals surface area contributed by atoms with Crippen LogP contribution in [-0.2, 0) is 6.42 Å². The van der Waals surface area contributed by atoms with E-state index in [4.69, 9.17) is 18.9 Å². The van der Waals surface area contributed by atoms with Crippen LogP contribution in [0.15, 0.2) is 24.3 Å². The molecule has 0 aromatic heterocycles. The minimum absolute atomic E-state index is 0.0369. The third-order valence-corrected chi connectivity index (χ3v) is 5.56. The lowest BCUT2D eigenvalue weighted by molar-refractivity contribution is 0.0519. The average molecular weight is 385 g/mol. The SMILES string of the molecule is CN1CCc2cc3c(cc2C1C(O)c1ccc2c(c1C(=O)O)OCO2)OCO3. The molecule has 0 amide bonds. The molecule has 3 aliphatic rings. The van der Waals surface area contributed by atoms with Gasteiger partial charge in [0.2, 0.25) is 13.6 Å². The maximum Gasteiger partial charge on any atom is 0.340 e. The van der Waals surface area contributed by atoms with Crippen molar-refractivity contribution in [3.8, 4) is 23.0 Å². The number of hydrogen-bond acceptors (Lipinski definition) is 7. The molecule has 2 aromatic rings. The number of likely N-dealkylation sites (N-methyl/N-ethyl adjacent to an activating group) is 1. The molecule has 146 valence electrons. The van der Waals surface area contributed by atoms with Crippen LogP contribution in [0.4, 0.5) is 0 Å². The van der Waals surface area contributed by atoms with Crippen molar-refractivity contribution >= 4 is 5.97 Å².